The van der Waals surface area contributed by atoms with Gasteiger partial charge in [0, 0.05) is 25.4 Å². The van der Waals surface area contributed by atoms with Gasteiger partial charge in [0.2, 0.25) is 5.91 Å². The molecule has 1 aromatic heterocycles. The van der Waals surface area contributed by atoms with Crippen molar-refractivity contribution in [2.45, 2.75) is 52.0 Å². The highest BCUT2D eigenvalue weighted by Crippen LogP contribution is 2.43. The lowest BCUT2D eigenvalue weighted by molar-refractivity contribution is -0.126. The average molecular weight is 262 g/mol. The Balaban J connectivity index is 1.54. The number of rotatable bonds is 4. The van der Waals surface area contributed by atoms with Crippen LogP contribution in [-0.4, -0.2) is 27.2 Å². The summed E-state index contributed by atoms with van der Waals surface area (Å²) in [6.45, 7) is 3.90. The molecule has 1 N–H and O–H groups in total. The number of hydrogen-bond acceptors (Lipinski definition) is 3. The largest absolute Gasteiger partial charge is 0.355 e. The SMILES string of the molecule is CCC1(CNC(=O)C2CCn3ncnc3C2)CCC1. The second kappa shape index (κ2) is 4.94. The molecule has 0 bridgehead atoms. The molecule has 1 fully saturated rings. The molecule has 1 unspecified atom stereocenters. The summed E-state index contributed by atoms with van der Waals surface area (Å²) < 4.78 is 1.91. The van der Waals surface area contributed by atoms with Gasteiger partial charge in [-0.15, -0.1) is 0 Å². The van der Waals surface area contributed by atoms with Crippen LogP contribution in [0, 0.1) is 11.3 Å². The van der Waals surface area contributed by atoms with Gasteiger partial charge in [-0.05, 0) is 31.1 Å². The van der Waals surface area contributed by atoms with E-state index in [9.17, 15) is 4.79 Å². The molecule has 0 aromatic carbocycles. The molecule has 0 spiro atoms. The molecule has 1 aromatic rings. The van der Waals surface area contributed by atoms with E-state index in [1.54, 1.807) is 6.33 Å². The summed E-state index contributed by atoms with van der Waals surface area (Å²) in [5, 5.41) is 7.32. The number of amides is 1. The quantitative estimate of drug-likeness (QED) is 0.895. The molecular weight excluding hydrogens is 240 g/mol. The number of nitrogens with one attached hydrogen (secondary N) is 1. The van der Waals surface area contributed by atoms with Crippen LogP contribution in [0.3, 0.4) is 0 Å². The first-order valence-electron chi connectivity index (χ1n) is 7.37. The highest BCUT2D eigenvalue weighted by Gasteiger charge is 2.36. The Kier molecular flexibility index (Phi) is 3.29. The lowest BCUT2D eigenvalue weighted by Gasteiger charge is -2.41. The van der Waals surface area contributed by atoms with Gasteiger partial charge in [0.05, 0.1) is 0 Å². The van der Waals surface area contributed by atoms with Crippen LogP contribution in [0.25, 0.3) is 0 Å². The Bertz CT molecular complexity index is 458. The molecule has 1 saturated carbocycles. The van der Waals surface area contributed by atoms with Crippen molar-refractivity contribution in [3.05, 3.63) is 12.2 Å². The smallest absolute Gasteiger partial charge is 0.223 e. The zero-order valence-corrected chi connectivity index (χ0v) is 11.6. The first kappa shape index (κ1) is 12.6. The highest BCUT2D eigenvalue weighted by atomic mass is 16.1. The third-order valence-electron chi connectivity index (χ3n) is 4.99. The summed E-state index contributed by atoms with van der Waals surface area (Å²) in [4.78, 5) is 16.5. The first-order chi connectivity index (χ1) is 9.22. The normalized spacial score (nSPS) is 24.4. The number of hydrogen-bond donors (Lipinski definition) is 1. The van der Waals surface area contributed by atoms with E-state index in [1.165, 1.54) is 25.7 Å². The van der Waals surface area contributed by atoms with Gasteiger partial charge in [-0.1, -0.05) is 13.3 Å². The number of aromatic nitrogens is 3. The second-order valence-corrected chi connectivity index (χ2v) is 6.01. The molecular formula is C14H22N4O. The molecule has 1 aliphatic carbocycles. The molecule has 2 heterocycles. The van der Waals surface area contributed by atoms with Crippen LogP contribution in [0.4, 0.5) is 0 Å². The van der Waals surface area contributed by atoms with Gasteiger partial charge in [0.25, 0.3) is 0 Å². The van der Waals surface area contributed by atoms with Gasteiger partial charge < -0.3 is 5.32 Å². The van der Waals surface area contributed by atoms with E-state index in [4.69, 9.17) is 0 Å². The van der Waals surface area contributed by atoms with Crippen molar-refractivity contribution < 1.29 is 4.79 Å². The molecule has 3 rings (SSSR count). The molecule has 2 aliphatic rings. The lowest BCUT2D eigenvalue weighted by atomic mass is 9.67. The third kappa shape index (κ3) is 2.38. The zero-order chi connectivity index (χ0) is 13.3. The van der Waals surface area contributed by atoms with E-state index < -0.39 is 0 Å². The van der Waals surface area contributed by atoms with Crippen molar-refractivity contribution in [3.63, 3.8) is 0 Å². The number of carbonyl (C=O) groups excluding carboxylic acids is 1. The van der Waals surface area contributed by atoms with E-state index in [0.29, 0.717) is 5.41 Å². The van der Waals surface area contributed by atoms with Gasteiger partial charge in [0.15, 0.2) is 0 Å². The summed E-state index contributed by atoms with van der Waals surface area (Å²) in [5.74, 6) is 1.22. The number of carbonyl (C=O) groups is 1. The first-order valence-corrected chi connectivity index (χ1v) is 7.37. The minimum atomic E-state index is 0.0747. The van der Waals surface area contributed by atoms with Crippen molar-refractivity contribution in [3.8, 4) is 0 Å². The predicted molar refractivity (Wildman–Crippen MR) is 71.4 cm³/mol. The molecule has 5 heteroatoms. The van der Waals surface area contributed by atoms with E-state index in [-0.39, 0.29) is 11.8 Å². The van der Waals surface area contributed by atoms with Crippen molar-refractivity contribution >= 4 is 5.91 Å². The maximum absolute atomic E-state index is 12.3. The van der Waals surface area contributed by atoms with Gasteiger partial charge in [0.1, 0.15) is 12.2 Å². The fourth-order valence-corrected chi connectivity index (χ4v) is 3.21. The van der Waals surface area contributed by atoms with Crippen molar-refractivity contribution in [2.24, 2.45) is 11.3 Å². The van der Waals surface area contributed by atoms with E-state index in [2.05, 4.69) is 22.3 Å². The minimum absolute atomic E-state index is 0.0747. The van der Waals surface area contributed by atoms with Crippen molar-refractivity contribution in [1.82, 2.24) is 20.1 Å². The van der Waals surface area contributed by atoms with E-state index in [0.717, 1.165) is 31.8 Å². The topological polar surface area (TPSA) is 59.8 Å². The van der Waals surface area contributed by atoms with Crippen LogP contribution in [-0.2, 0) is 17.8 Å². The summed E-state index contributed by atoms with van der Waals surface area (Å²) in [6, 6.07) is 0. The summed E-state index contributed by atoms with van der Waals surface area (Å²) in [6.07, 6.45) is 8.20. The van der Waals surface area contributed by atoms with Crippen LogP contribution in [0.2, 0.25) is 0 Å². The monoisotopic (exact) mass is 262 g/mol. The Morgan fingerprint density at radius 2 is 2.42 bits per heavy atom. The maximum Gasteiger partial charge on any atom is 0.223 e. The van der Waals surface area contributed by atoms with Gasteiger partial charge in [-0.3, -0.25) is 9.48 Å². The third-order valence-corrected chi connectivity index (χ3v) is 4.99. The fraction of sp³-hybridized carbons (Fsp3) is 0.786. The summed E-state index contributed by atoms with van der Waals surface area (Å²) in [7, 11) is 0. The highest BCUT2D eigenvalue weighted by molar-refractivity contribution is 5.79. The molecule has 0 radical (unpaired) electrons. The van der Waals surface area contributed by atoms with E-state index >= 15 is 0 Å². The maximum atomic E-state index is 12.3. The fourth-order valence-electron chi connectivity index (χ4n) is 3.21. The van der Waals surface area contributed by atoms with Crippen LogP contribution in [0.15, 0.2) is 6.33 Å². The van der Waals surface area contributed by atoms with Gasteiger partial charge in [-0.2, -0.15) is 5.10 Å². The van der Waals surface area contributed by atoms with Gasteiger partial charge in [-0.25, -0.2) is 4.98 Å². The number of fused-ring (bicyclic) bond motifs is 1. The van der Waals surface area contributed by atoms with Crippen LogP contribution >= 0.6 is 0 Å². The van der Waals surface area contributed by atoms with Crippen LogP contribution in [0.5, 0.6) is 0 Å². The Labute approximate surface area is 113 Å². The molecule has 1 atom stereocenters. The second-order valence-electron chi connectivity index (χ2n) is 6.01. The van der Waals surface area contributed by atoms with Crippen molar-refractivity contribution in [2.75, 3.05) is 6.54 Å². The molecule has 19 heavy (non-hydrogen) atoms. The van der Waals surface area contributed by atoms with Crippen LogP contribution < -0.4 is 5.32 Å². The van der Waals surface area contributed by atoms with Gasteiger partial charge >= 0.3 is 0 Å². The number of aryl methyl sites for hydroxylation is 1. The average Bonchev–Trinajstić information content (AvgIpc) is 2.84. The number of nitrogens with zero attached hydrogens (tertiary/aromatic N) is 3. The Morgan fingerprint density at radius 1 is 1.58 bits per heavy atom. The molecule has 1 aliphatic heterocycles. The standard InChI is InChI=1S/C14H22N4O/c1-2-14(5-3-6-14)9-15-13(19)11-4-7-18-12(8-11)16-10-17-18/h10-11H,2-9H2,1H3,(H,15,19). The van der Waals surface area contributed by atoms with Crippen LogP contribution in [0.1, 0.15) is 44.9 Å². The minimum Gasteiger partial charge on any atom is -0.355 e. The molecule has 1 amide bonds. The molecule has 0 saturated heterocycles. The summed E-state index contributed by atoms with van der Waals surface area (Å²) >= 11 is 0. The Morgan fingerprint density at radius 3 is 3.11 bits per heavy atom. The lowest BCUT2D eigenvalue weighted by Crippen LogP contribution is -2.44. The summed E-state index contributed by atoms with van der Waals surface area (Å²) in [5.41, 5.74) is 0.393. The van der Waals surface area contributed by atoms with E-state index in [1.807, 2.05) is 4.68 Å². The Hall–Kier alpha value is -1.39. The molecule has 5 nitrogen and oxygen atoms in total. The molecule has 104 valence electrons. The zero-order valence-electron chi connectivity index (χ0n) is 11.6. The predicted octanol–water partition coefficient (Wildman–Crippen LogP) is 1.54. The van der Waals surface area contributed by atoms with Crippen molar-refractivity contribution in [1.29, 1.82) is 0 Å².